The maximum Gasteiger partial charge on any atom is 0.290 e. The van der Waals surface area contributed by atoms with Gasteiger partial charge in [0.15, 0.2) is 5.69 Å². The Hall–Kier alpha value is -2.63. The number of carbonyl (C=O) groups excluding carboxylic acids is 2. The predicted octanol–water partition coefficient (Wildman–Crippen LogP) is 1.73. The lowest BCUT2D eigenvalue weighted by atomic mass is 10.3. The zero-order valence-corrected chi connectivity index (χ0v) is 12.9. The van der Waals surface area contributed by atoms with E-state index in [2.05, 4.69) is 16.9 Å². The number of imidazole rings is 1. The third-order valence-electron chi connectivity index (χ3n) is 3.41. The molecule has 116 valence electrons. The standard InChI is InChI=1S/C16H20N4O2/c1-4-10-17-15(21)13-12-9-7-8-11-20(12)14(18-13)16(22)19(5-2)6-3/h4,7-9,11H,1,5-6,10H2,2-3H3,(H,17,21). The Morgan fingerprint density at radius 3 is 2.73 bits per heavy atom. The molecule has 0 spiro atoms. The second kappa shape index (κ2) is 6.89. The Morgan fingerprint density at radius 1 is 1.36 bits per heavy atom. The van der Waals surface area contributed by atoms with Crippen molar-refractivity contribution < 1.29 is 9.59 Å². The molecule has 2 amide bonds. The van der Waals surface area contributed by atoms with Crippen molar-refractivity contribution in [3.05, 3.63) is 48.6 Å². The molecule has 0 aromatic carbocycles. The zero-order valence-electron chi connectivity index (χ0n) is 12.9. The minimum Gasteiger partial charge on any atom is -0.347 e. The first-order valence-corrected chi connectivity index (χ1v) is 7.29. The summed E-state index contributed by atoms with van der Waals surface area (Å²) in [5.41, 5.74) is 0.859. The summed E-state index contributed by atoms with van der Waals surface area (Å²) in [7, 11) is 0. The highest BCUT2D eigenvalue weighted by Crippen LogP contribution is 2.15. The number of aromatic nitrogens is 2. The highest BCUT2D eigenvalue weighted by atomic mass is 16.2. The largest absolute Gasteiger partial charge is 0.347 e. The van der Waals surface area contributed by atoms with E-state index in [4.69, 9.17) is 0 Å². The molecule has 2 heterocycles. The van der Waals surface area contributed by atoms with Crippen LogP contribution in [-0.4, -0.2) is 45.7 Å². The van der Waals surface area contributed by atoms with Crippen LogP contribution in [0.1, 0.15) is 35.0 Å². The van der Waals surface area contributed by atoms with Crippen molar-refractivity contribution in [2.24, 2.45) is 0 Å². The number of hydrogen-bond donors (Lipinski definition) is 1. The summed E-state index contributed by atoms with van der Waals surface area (Å²) in [6.45, 7) is 8.93. The van der Waals surface area contributed by atoms with Crippen LogP contribution in [0.3, 0.4) is 0 Å². The van der Waals surface area contributed by atoms with Crippen LogP contribution in [0, 0.1) is 0 Å². The first-order chi connectivity index (χ1) is 10.6. The highest BCUT2D eigenvalue weighted by molar-refractivity contribution is 6.02. The number of amides is 2. The van der Waals surface area contributed by atoms with Gasteiger partial charge in [-0.1, -0.05) is 12.1 Å². The van der Waals surface area contributed by atoms with Crippen LogP contribution in [0.15, 0.2) is 37.1 Å². The Labute approximate surface area is 129 Å². The minimum absolute atomic E-state index is 0.186. The molecule has 0 aliphatic rings. The lowest BCUT2D eigenvalue weighted by Gasteiger charge is -2.17. The van der Waals surface area contributed by atoms with Crippen LogP contribution in [0.4, 0.5) is 0 Å². The second-order valence-electron chi connectivity index (χ2n) is 4.72. The average Bonchev–Trinajstić information content (AvgIpc) is 2.93. The normalized spacial score (nSPS) is 10.5. The minimum atomic E-state index is -0.317. The van der Waals surface area contributed by atoms with Crippen molar-refractivity contribution >= 4 is 17.3 Å². The summed E-state index contributed by atoms with van der Waals surface area (Å²) in [6, 6.07) is 5.39. The van der Waals surface area contributed by atoms with Gasteiger partial charge in [0.25, 0.3) is 11.8 Å². The third kappa shape index (κ3) is 2.86. The Morgan fingerprint density at radius 2 is 2.09 bits per heavy atom. The topological polar surface area (TPSA) is 66.7 Å². The van der Waals surface area contributed by atoms with Gasteiger partial charge in [-0.05, 0) is 26.0 Å². The number of hydrogen-bond acceptors (Lipinski definition) is 3. The van der Waals surface area contributed by atoms with Gasteiger partial charge >= 0.3 is 0 Å². The van der Waals surface area contributed by atoms with Gasteiger partial charge in [0.2, 0.25) is 5.82 Å². The van der Waals surface area contributed by atoms with Gasteiger partial charge < -0.3 is 10.2 Å². The molecule has 2 aromatic heterocycles. The van der Waals surface area contributed by atoms with E-state index in [0.717, 1.165) is 0 Å². The average molecular weight is 300 g/mol. The van der Waals surface area contributed by atoms with E-state index in [1.54, 1.807) is 33.7 Å². The quantitative estimate of drug-likeness (QED) is 0.826. The molecule has 0 atom stereocenters. The van der Waals surface area contributed by atoms with Crippen LogP contribution in [0.5, 0.6) is 0 Å². The molecule has 0 radical (unpaired) electrons. The summed E-state index contributed by atoms with van der Waals surface area (Å²) >= 11 is 0. The van der Waals surface area contributed by atoms with Gasteiger partial charge in [-0.2, -0.15) is 0 Å². The fourth-order valence-electron chi connectivity index (χ4n) is 2.26. The van der Waals surface area contributed by atoms with Gasteiger partial charge in [-0.25, -0.2) is 4.98 Å². The van der Waals surface area contributed by atoms with Crippen LogP contribution in [0.25, 0.3) is 5.52 Å². The monoisotopic (exact) mass is 300 g/mol. The summed E-state index contributed by atoms with van der Waals surface area (Å²) in [5.74, 6) is -0.251. The first kappa shape index (κ1) is 15.8. The van der Waals surface area contributed by atoms with E-state index in [1.807, 2.05) is 19.9 Å². The van der Waals surface area contributed by atoms with Crippen LogP contribution in [0.2, 0.25) is 0 Å². The van der Waals surface area contributed by atoms with E-state index < -0.39 is 0 Å². The number of pyridine rings is 1. The molecular weight excluding hydrogens is 280 g/mol. The highest BCUT2D eigenvalue weighted by Gasteiger charge is 2.23. The lowest BCUT2D eigenvalue weighted by molar-refractivity contribution is 0.0760. The molecule has 0 fully saturated rings. The molecule has 6 nitrogen and oxygen atoms in total. The van der Waals surface area contributed by atoms with Crippen molar-refractivity contribution in [3.8, 4) is 0 Å². The summed E-state index contributed by atoms with van der Waals surface area (Å²) in [5, 5.41) is 2.69. The fraction of sp³-hybridized carbons (Fsp3) is 0.312. The van der Waals surface area contributed by atoms with Crippen molar-refractivity contribution in [2.45, 2.75) is 13.8 Å². The molecule has 1 N–H and O–H groups in total. The van der Waals surface area contributed by atoms with Gasteiger partial charge in [0, 0.05) is 25.8 Å². The Bertz CT molecular complexity index is 701. The lowest BCUT2D eigenvalue weighted by Crippen LogP contribution is -2.32. The number of fused-ring (bicyclic) bond motifs is 1. The Kier molecular flexibility index (Phi) is 4.93. The molecule has 2 rings (SSSR count). The smallest absolute Gasteiger partial charge is 0.290 e. The SMILES string of the molecule is C=CCNC(=O)c1nc(C(=O)N(CC)CC)n2ccccc12. The maximum atomic E-state index is 12.6. The van der Waals surface area contributed by atoms with Crippen LogP contribution in [-0.2, 0) is 0 Å². The van der Waals surface area contributed by atoms with E-state index in [-0.39, 0.29) is 23.3 Å². The summed E-state index contributed by atoms with van der Waals surface area (Å²) < 4.78 is 1.66. The van der Waals surface area contributed by atoms with Crippen LogP contribution < -0.4 is 5.32 Å². The molecule has 0 bridgehead atoms. The number of rotatable bonds is 6. The number of nitrogens with zero attached hydrogens (tertiary/aromatic N) is 3. The molecule has 2 aromatic rings. The van der Waals surface area contributed by atoms with Crippen molar-refractivity contribution in [1.82, 2.24) is 19.6 Å². The molecule has 22 heavy (non-hydrogen) atoms. The van der Waals surface area contributed by atoms with Gasteiger partial charge in [-0.15, -0.1) is 6.58 Å². The van der Waals surface area contributed by atoms with Crippen molar-refractivity contribution in [2.75, 3.05) is 19.6 Å². The maximum absolute atomic E-state index is 12.6. The fourth-order valence-corrected chi connectivity index (χ4v) is 2.26. The first-order valence-electron chi connectivity index (χ1n) is 7.29. The molecule has 0 saturated carbocycles. The van der Waals surface area contributed by atoms with E-state index in [1.165, 1.54) is 0 Å². The molecule has 0 aliphatic carbocycles. The number of carbonyl (C=O) groups is 2. The van der Waals surface area contributed by atoms with Gasteiger partial charge in [0.05, 0.1) is 5.52 Å². The number of nitrogens with one attached hydrogen (secondary N) is 1. The van der Waals surface area contributed by atoms with Crippen molar-refractivity contribution in [3.63, 3.8) is 0 Å². The van der Waals surface area contributed by atoms with Crippen molar-refractivity contribution in [1.29, 1.82) is 0 Å². The molecule has 0 aliphatic heterocycles. The summed E-state index contributed by atoms with van der Waals surface area (Å²) in [4.78, 5) is 30.7. The molecule has 6 heteroatoms. The van der Waals surface area contributed by atoms with E-state index in [9.17, 15) is 9.59 Å². The molecule has 0 saturated heterocycles. The van der Waals surface area contributed by atoms with Gasteiger partial charge in [0.1, 0.15) is 0 Å². The second-order valence-corrected chi connectivity index (χ2v) is 4.72. The third-order valence-corrected chi connectivity index (χ3v) is 3.41. The van der Waals surface area contributed by atoms with Gasteiger partial charge in [-0.3, -0.25) is 14.0 Å². The van der Waals surface area contributed by atoms with E-state index >= 15 is 0 Å². The Balaban J connectivity index is 2.50. The van der Waals surface area contributed by atoms with E-state index in [0.29, 0.717) is 25.2 Å². The van der Waals surface area contributed by atoms with Crippen LogP contribution >= 0.6 is 0 Å². The summed E-state index contributed by atoms with van der Waals surface area (Å²) in [6.07, 6.45) is 3.33. The predicted molar refractivity (Wildman–Crippen MR) is 85.0 cm³/mol. The zero-order chi connectivity index (χ0) is 16.1. The molecular formula is C16H20N4O2. The molecule has 0 unspecified atom stereocenters.